The fourth-order valence-electron chi connectivity index (χ4n) is 2.50. The Balaban J connectivity index is 2.19. The summed E-state index contributed by atoms with van der Waals surface area (Å²) in [6.07, 6.45) is -0.00543. The molecule has 0 aromatic carbocycles. The maximum Gasteiger partial charge on any atom is 0.216 e. The summed E-state index contributed by atoms with van der Waals surface area (Å²) in [5.74, 6) is 0.0768. The second-order valence-corrected chi connectivity index (χ2v) is 6.66. The molecule has 0 N–H and O–H groups in total. The maximum atomic E-state index is 12.1. The number of hydrogen-bond acceptors (Lipinski definition) is 5. The average molecular weight is 264 g/mol. The lowest BCUT2D eigenvalue weighted by molar-refractivity contribution is 0.0440. The van der Waals surface area contributed by atoms with Crippen molar-refractivity contribution in [1.29, 1.82) is 0 Å². The van der Waals surface area contributed by atoms with Gasteiger partial charge >= 0.3 is 0 Å². The van der Waals surface area contributed by atoms with Crippen LogP contribution in [0, 0.1) is 0 Å². The normalized spacial score (nSPS) is 34.5. The lowest BCUT2D eigenvalue weighted by Crippen LogP contribution is -2.47. The van der Waals surface area contributed by atoms with Crippen molar-refractivity contribution < 1.29 is 17.9 Å². The van der Waals surface area contributed by atoms with Crippen LogP contribution >= 0.6 is 0 Å². The Labute approximate surface area is 103 Å². The number of sulfonamides is 1. The van der Waals surface area contributed by atoms with Crippen molar-refractivity contribution in [1.82, 2.24) is 9.21 Å². The average Bonchev–Trinajstić information content (AvgIpc) is 2.54. The molecule has 2 aliphatic rings. The summed E-state index contributed by atoms with van der Waals surface area (Å²) in [6, 6.07) is -0.0670. The molecule has 0 aromatic heterocycles. The lowest BCUT2D eigenvalue weighted by atomic mass is 10.2. The van der Waals surface area contributed by atoms with Gasteiger partial charge in [-0.05, 0) is 7.05 Å². The largest absolute Gasteiger partial charge is 0.383 e. The van der Waals surface area contributed by atoms with Crippen LogP contribution in [0.25, 0.3) is 0 Å². The van der Waals surface area contributed by atoms with E-state index in [1.165, 1.54) is 0 Å². The zero-order valence-corrected chi connectivity index (χ0v) is 11.1. The van der Waals surface area contributed by atoms with E-state index in [0.717, 1.165) is 13.1 Å². The first-order chi connectivity index (χ1) is 8.04. The van der Waals surface area contributed by atoms with Crippen LogP contribution < -0.4 is 0 Å². The fraction of sp³-hybridized carbons (Fsp3) is 1.00. The summed E-state index contributed by atoms with van der Waals surface area (Å²) in [5, 5.41) is 0. The lowest BCUT2D eigenvalue weighted by Gasteiger charge is -2.27. The van der Waals surface area contributed by atoms with E-state index in [-0.39, 0.29) is 17.9 Å². The molecule has 100 valence electrons. The van der Waals surface area contributed by atoms with Crippen LogP contribution in [0.2, 0.25) is 0 Å². The highest BCUT2D eigenvalue weighted by Crippen LogP contribution is 2.23. The van der Waals surface area contributed by atoms with Crippen molar-refractivity contribution in [3.8, 4) is 0 Å². The van der Waals surface area contributed by atoms with Crippen LogP contribution in [0.3, 0.4) is 0 Å². The molecule has 6 nitrogen and oxygen atoms in total. The molecule has 0 aliphatic carbocycles. The second kappa shape index (κ2) is 5.19. The molecule has 0 unspecified atom stereocenters. The molecule has 17 heavy (non-hydrogen) atoms. The van der Waals surface area contributed by atoms with Gasteiger partial charge in [0.25, 0.3) is 0 Å². The molecular formula is C10H20N2O4S. The molecule has 7 heteroatoms. The first-order valence-corrected chi connectivity index (χ1v) is 7.44. The highest BCUT2D eigenvalue weighted by molar-refractivity contribution is 7.89. The van der Waals surface area contributed by atoms with E-state index in [2.05, 4.69) is 4.90 Å². The van der Waals surface area contributed by atoms with Crippen molar-refractivity contribution in [3.63, 3.8) is 0 Å². The monoisotopic (exact) mass is 264 g/mol. The molecule has 2 atom stereocenters. The van der Waals surface area contributed by atoms with E-state index >= 15 is 0 Å². The number of methoxy groups -OCH3 is 1. The van der Waals surface area contributed by atoms with Gasteiger partial charge in [-0.3, -0.25) is 0 Å². The van der Waals surface area contributed by atoms with Crippen LogP contribution in [-0.2, 0) is 19.5 Å². The number of likely N-dealkylation sites (N-methyl/N-ethyl adjacent to an activating group) is 1. The van der Waals surface area contributed by atoms with Crippen molar-refractivity contribution in [2.24, 2.45) is 0 Å². The van der Waals surface area contributed by atoms with Gasteiger partial charge in [-0.15, -0.1) is 0 Å². The highest BCUT2D eigenvalue weighted by atomic mass is 32.2. The minimum Gasteiger partial charge on any atom is -0.383 e. The Bertz CT molecular complexity index is 359. The Hall–Kier alpha value is -0.210. The zero-order valence-electron chi connectivity index (χ0n) is 10.3. The van der Waals surface area contributed by atoms with Gasteiger partial charge in [0.2, 0.25) is 10.0 Å². The molecule has 0 spiro atoms. The molecule has 0 aromatic rings. The summed E-state index contributed by atoms with van der Waals surface area (Å²) in [7, 11) is 0.360. The Kier molecular flexibility index (Phi) is 4.04. The van der Waals surface area contributed by atoms with Gasteiger partial charge in [-0.1, -0.05) is 0 Å². The summed E-state index contributed by atoms with van der Waals surface area (Å²) < 4.78 is 36.5. The SMILES string of the molecule is COCCN1[C@@H]2CN(C)C[C@@H]2OCCS1(=O)=O. The third kappa shape index (κ3) is 2.79. The van der Waals surface area contributed by atoms with Crippen molar-refractivity contribution in [2.75, 3.05) is 52.8 Å². The molecule has 0 amide bonds. The van der Waals surface area contributed by atoms with Gasteiger partial charge in [-0.25, -0.2) is 8.42 Å². The molecule has 0 saturated carbocycles. The van der Waals surface area contributed by atoms with E-state index in [0.29, 0.717) is 19.8 Å². The van der Waals surface area contributed by atoms with Crippen molar-refractivity contribution in [2.45, 2.75) is 12.1 Å². The predicted octanol–water partition coefficient (Wildman–Crippen LogP) is -1.02. The zero-order chi connectivity index (χ0) is 12.5. The molecule has 2 rings (SSSR count). The number of hydrogen-bond donors (Lipinski definition) is 0. The molecule has 2 fully saturated rings. The Morgan fingerprint density at radius 1 is 1.41 bits per heavy atom. The number of nitrogens with zero attached hydrogens (tertiary/aromatic N) is 2. The maximum absolute atomic E-state index is 12.1. The van der Waals surface area contributed by atoms with Gasteiger partial charge in [0.1, 0.15) is 0 Å². The van der Waals surface area contributed by atoms with Crippen LogP contribution in [0.15, 0.2) is 0 Å². The molecule has 2 heterocycles. The number of ether oxygens (including phenoxy) is 2. The summed E-state index contributed by atoms with van der Waals surface area (Å²) in [4.78, 5) is 2.11. The molecule has 2 saturated heterocycles. The van der Waals surface area contributed by atoms with Crippen molar-refractivity contribution in [3.05, 3.63) is 0 Å². The number of fused-ring (bicyclic) bond motifs is 1. The highest BCUT2D eigenvalue weighted by Gasteiger charge is 2.43. The van der Waals surface area contributed by atoms with E-state index in [4.69, 9.17) is 9.47 Å². The molecule has 2 aliphatic heterocycles. The first kappa shape index (κ1) is 13.2. The first-order valence-electron chi connectivity index (χ1n) is 5.83. The van der Waals surface area contributed by atoms with Crippen LogP contribution in [0.1, 0.15) is 0 Å². The van der Waals surface area contributed by atoms with E-state index in [1.54, 1.807) is 11.4 Å². The molecule has 0 radical (unpaired) electrons. The van der Waals surface area contributed by atoms with E-state index < -0.39 is 10.0 Å². The topological polar surface area (TPSA) is 59.1 Å². The minimum absolute atomic E-state index is 0.00543. The van der Waals surface area contributed by atoms with E-state index in [9.17, 15) is 8.42 Å². The van der Waals surface area contributed by atoms with Gasteiger partial charge in [0.15, 0.2) is 0 Å². The van der Waals surface area contributed by atoms with Gasteiger partial charge < -0.3 is 14.4 Å². The number of likely N-dealkylation sites (tertiary alicyclic amines) is 1. The Morgan fingerprint density at radius 2 is 2.18 bits per heavy atom. The van der Waals surface area contributed by atoms with E-state index in [1.807, 2.05) is 7.05 Å². The molecular weight excluding hydrogens is 244 g/mol. The quantitative estimate of drug-likeness (QED) is 0.653. The van der Waals surface area contributed by atoms with Gasteiger partial charge in [-0.2, -0.15) is 4.31 Å². The molecule has 0 bridgehead atoms. The van der Waals surface area contributed by atoms with Gasteiger partial charge in [0.05, 0.1) is 31.1 Å². The van der Waals surface area contributed by atoms with Gasteiger partial charge in [0, 0.05) is 26.7 Å². The second-order valence-electron chi connectivity index (χ2n) is 4.62. The smallest absolute Gasteiger partial charge is 0.216 e. The minimum atomic E-state index is -3.21. The number of rotatable bonds is 3. The van der Waals surface area contributed by atoms with Crippen LogP contribution in [0.5, 0.6) is 0 Å². The third-order valence-electron chi connectivity index (χ3n) is 3.34. The summed E-state index contributed by atoms with van der Waals surface area (Å²) >= 11 is 0. The van der Waals surface area contributed by atoms with Crippen molar-refractivity contribution >= 4 is 10.0 Å². The standard InChI is InChI=1S/C10H20N2O4S/c1-11-7-9-10(8-11)16-5-6-17(13,14)12(9)3-4-15-2/h9-10H,3-8H2,1-2H3/t9-,10+/m1/s1. The van der Waals surface area contributed by atoms with Crippen LogP contribution in [0.4, 0.5) is 0 Å². The van der Waals surface area contributed by atoms with Crippen LogP contribution in [-0.4, -0.2) is 82.5 Å². The predicted molar refractivity (Wildman–Crippen MR) is 63.4 cm³/mol. The Morgan fingerprint density at radius 3 is 2.88 bits per heavy atom. The fourth-order valence-corrected chi connectivity index (χ4v) is 4.00. The third-order valence-corrected chi connectivity index (χ3v) is 5.19. The summed E-state index contributed by atoms with van der Waals surface area (Å²) in [6.45, 7) is 2.65. The summed E-state index contributed by atoms with van der Waals surface area (Å²) in [5.41, 5.74) is 0.